The number of fused-ring (bicyclic) bond motifs is 1. The molecule has 0 aliphatic carbocycles. The number of imidazole rings is 1. The van der Waals surface area contributed by atoms with Crippen LogP contribution in [0.1, 0.15) is 17.5 Å². The molecule has 1 aromatic carbocycles. The van der Waals surface area contributed by atoms with E-state index >= 15 is 0 Å². The van der Waals surface area contributed by atoms with Gasteiger partial charge >= 0.3 is 0 Å². The zero-order valence-corrected chi connectivity index (χ0v) is 14.8. The van der Waals surface area contributed by atoms with Crippen molar-refractivity contribution in [3.8, 4) is 17.3 Å². The van der Waals surface area contributed by atoms with Gasteiger partial charge in [0.05, 0.1) is 0 Å². The summed E-state index contributed by atoms with van der Waals surface area (Å²) in [7, 11) is 0. The summed E-state index contributed by atoms with van der Waals surface area (Å²) in [5, 5.41) is 2.93. The van der Waals surface area contributed by atoms with Gasteiger partial charge in [-0.25, -0.2) is 9.97 Å². The van der Waals surface area contributed by atoms with Crippen LogP contribution in [0, 0.1) is 0 Å². The number of nitrogens with one attached hydrogen (secondary N) is 1. The molecule has 7 nitrogen and oxygen atoms in total. The van der Waals surface area contributed by atoms with E-state index in [0.29, 0.717) is 32.6 Å². The van der Waals surface area contributed by atoms with Crippen molar-refractivity contribution >= 4 is 5.91 Å². The van der Waals surface area contributed by atoms with Crippen molar-refractivity contribution in [1.82, 2.24) is 19.9 Å². The third kappa shape index (κ3) is 4.25. The van der Waals surface area contributed by atoms with Crippen LogP contribution in [0.3, 0.4) is 0 Å². The number of carbonyl (C=O) groups is 1. The summed E-state index contributed by atoms with van der Waals surface area (Å²) in [5.41, 5.74) is 2.01. The van der Waals surface area contributed by atoms with Gasteiger partial charge < -0.3 is 14.8 Å². The van der Waals surface area contributed by atoms with E-state index in [9.17, 15) is 4.79 Å². The molecule has 0 fully saturated rings. The minimum atomic E-state index is 0.00331. The minimum absolute atomic E-state index is 0.00331. The quantitative estimate of drug-likeness (QED) is 0.726. The number of aryl methyl sites for hydroxylation is 1. The number of rotatable bonds is 6. The molecule has 1 aliphatic rings. The monoisotopic (exact) mass is 364 g/mol. The second kappa shape index (κ2) is 7.90. The highest BCUT2D eigenvalue weighted by atomic mass is 16.6. The maximum Gasteiger partial charge on any atom is 0.220 e. The van der Waals surface area contributed by atoms with Crippen molar-refractivity contribution < 1.29 is 14.3 Å². The average molecular weight is 364 g/mol. The summed E-state index contributed by atoms with van der Waals surface area (Å²) in [6.07, 6.45) is 8.07. The Morgan fingerprint density at radius 1 is 1.11 bits per heavy atom. The molecular weight excluding hydrogens is 344 g/mol. The predicted molar refractivity (Wildman–Crippen MR) is 99.0 cm³/mol. The standard InChI is InChI=1S/C20H20N4O3/c25-20(6-3-15-1-4-17-18(11-15)27-10-9-26-17)23-13-16-2-5-19(22-12-16)24-8-7-21-14-24/h1-2,4-5,7-8,11-12,14H,3,6,9-10,13H2,(H,23,25). The summed E-state index contributed by atoms with van der Waals surface area (Å²) in [6, 6.07) is 9.66. The third-order valence-corrected chi connectivity index (χ3v) is 4.32. The summed E-state index contributed by atoms with van der Waals surface area (Å²) in [4.78, 5) is 20.5. The van der Waals surface area contributed by atoms with Crippen LogP contribution < -0.4 is 14.8 Å². The van der Waals surface area contributed by atoms with Crippen LogP contribution in [0.15, 0.2) is 55.2 Å². The van der Waals surface area contributed by atoms with E-state index in [2.05, 4.69) is 15.3 Å². The first kappa shape index (κ1) is 17.1. The van der Waals surface area contributed by atoms with Crippen molar-refractivity contribution in [1.29, 1.82) is 0 Å². The molecule has 7 heteroatoms. The Morgan fingerprint density at radius 3 is 2.74 bits per heavy atom. The highest BCUT2D eigenvalue weighted by molar-refractivity contribution is 5.76. The molecule has 1 N–H and O–H groups in total. The summed E-state index contributed by atoms with van der Waals surface area (Å²) < 4.78 is 12.9. The predicted octanol–water partition coefficient (Wildman–Crippen LogP) is 2.29. The number of carbonyl (C=O) groups excluding carboxylic acids is 1. The second-order valence-electron chi connectivity index (χ2n) is 6.25. The number of amides is 1. The molecule has 3 heterocycles. The van der Waals surface area contributed by atoms with Crippen molar-refractivity contribution in [3.05, 3.63) is 66.4 Å². The van der Waals surface area contributed by atoms with Crippen molar-refractivity contribution in [2.75, 3.05) is 13.2 Å². The van der Waals surface area contributed by atoms with Gasteiger partial charge in [-0.05, 0) is 35.7 Å². The number of nitrogens with zero attached hydrogens (tertiary/aromatic N) is 3. The van der Waals surface area contributed by atoms with Crippen molar-refractivity contribution in [2.45, 2.75) is 19.4 Å². The lowest BCUT2D eigenvalue weighted by Gasteiger charge is -2.18. The van der Waals surface area contributed by atoms with Crippen molar-refractivity contribution in [2.24, 2.45) is 0 Å². The molecule has 0 saturated carbocycles. The summed E-state index contributed by atoms with van der Waals surface area (Å²) in [6.45, 7) is 1.59. The molecule has 27 heavy (non-hydrogen) atoms. The molecule has 3 aromatic rings. The summed E-state index contributed by atoms with van der Waals surface area (Å²) >= 11 is 0. The molecule has 0 radical (unpaired) electrons. The smallest absolute Gasteiger partial charge is 0.220 e. The second-order valence-corrected chi connectivity index (χ2v) is 6.25. The van der Waals surface area contributed by atoms with Gasteiger partial charge in [-0.15, -0.1) is 0 Å². The van der Waals surface area contributed by atoms with E-state index in [0.717, 1.165) is 28.4 Å². The molecule has 1 amide bonds. The van der Waals surface area contributed by atoms with Gasteiger partial charge in [0.15, 0.2) is 11.5 Å². The van der Waals surface area contributed by atoms with Crippen LogP contribution in [-0.2, 0) is 17.8 Å². The number of hydrogen-bond acceptors (Lipinski definition) is 5. The van der Waals surface area contributed by atoms with Gasteiger partial charge in [-0.2, -0.15) is 0 Å². The molecule has 0 unspecified atom stereocenters. The Bertz CT molecular complexity index is 907. The first-order valence-electron chi connectivity index (χ1n) is 8.86. The molecule has 0 bridgehead atoms. The van der Waals surface area contributed by atoms with E-state index in [-0.39, 0.29) is 5.91 Å². The van der Waals surface area contributed by atoms with E-state index in [4.69, 9.17) is 9.47 Å². The van der Waals surface area contributed by atoms with E-state index in [1.807, 2.05) is 41.1 Å². The first-order chi connectivity index (χ1) is 13.3. The molecule has 0 saturated heterocycles. The number of hydrogen-bond donors (Lipinski definition) is 1. The van der Waals surface area contributed by atoms with Gasteiger partial charge in [0.2, 0.25) is 5.91 Å². The Morgan fingerprint density at radius 2 is 1.96 bits per heavy atom. The van der Waals surface area contributed by atoms with Crippen LogP contribution in [0.2, 0.25) is 0 Å². The number of aromatic nitrogens is 3. The maximum absolute atomic E-state index is 12.1. The van der Waals surface area contributed by atoms with Crippen LogP contribution in [0.4, 0.5) is 0 Å². The highest BCUT2D eigenvalue weighted by Crippen LogP contribution is 2.31. The zero-order chi connectivity index (χ0) is 18.5. The van der Waals surface area contributed by atoms with E-state index in [1.54, 1.807) is 18.7 Å². The molecule has 138 valence electrons. The largest absolute Gasteiger partial charge is 0.486 e. The van der Waals surface area contributed by atoms with Crippen molar-refractivity contribution in [3.63, 3.8) is 0 Å². The fourth-order valence-corrected chi connectivity index (χ4v) is 2.86. The Hall–Kier alpha value is -3.35. The van der Waals surface area contributed by atoms with Gasteiger partial charge in [-0.3, -0.25) is 9.36 Å². The third-order valence-electron chi connectivity index (χ3n) is 4.32. The Balaban J connectivity index is 1.26. The number of ether oxygens (including phenoxy) is 2. The van der Waals surface area contributed by atoms with Gasteiger partial charge in [0, 0.05) is 31.6 Å². The Kier molecular flexibility index (Phi) is 5.00. The van der Waals surface area contributed by atoms with Gasteiger partial charge in [0.25, 0.3) is 0 Å². The lowest BCUT2D eigenvalue weighted by atomic mass is 10.1. The van der Waals surface area contributed by atoms with Gasteiger partial charge in [0.1, 0.15) is 25.4 Å². The fraction of sp³-hybridized carbons (Fsp3) is 0.250. The van der Waals surface area contributed by atoms with Crippen LogP contribution in [0.25, 0.3) is 5.82 Å². The number of pyridine rings is 1. The lowest BCUT2D eigenvalue weighted by molar-refractivity contribution is -0.121. The van der Waals surface area contributed by atoms with Gasteiger partial charge in [-0.1, -0.05) is 12.1 Å². The topological polar surface area (TPSA) is 78.3 Å². The highest BCUT2D eigenvalue weighted by Gasteiger charge is 2.12. The molecule has 4 rings (SSSR count). The normalized spacial score (nSPS) is 12.6. The van der Waals surface area contributed by atoms with E-state index < -0.39 is 0 Å². The Labute approximate surface area is 157 Å². The van der Waals surface area contributed by atoms with Crippen LogP contribution in [0.5, 0.6) is 11.5 Å². The maximum atomic E-state index is 12.1. The minimum Gasteiger partial charge on any atom is -0.486 e. The number of benzene rings is 1. The molecule has 0 spiro atoms. The average Bonchev–Trinajstić information content (AvgIpc) is 3.26. The van der Waals surface area contributed by atoms with Crippen LogP contribution >= 0.6 is 0 Å². The molecule has 2 aromatic heterocycles. The SMILES string of the molecule is O=C(CCc1ccc2c(c1)OCCO2)NCc1ccc(-n2ccnc2)nc1. The first-order valence-corrected chi connectivity index (χ1v) is 8.86. The summed E-state index contributed by atoms with van der Waals surface area (Å²) in [5.74, 6) is 2.31. The fourth-order valence-electron chi connectivity index (χ4n) is 2.86. The molecular formula is C20H20N4O3. The van der Waals surface area contributed by atoms with E-state index in [1.165, 1.54) is 0 Å². The zero-order valence-electron chi connectivity index (χ0n) is 14.8. The van der Waals surface area contributed by atoms with Crippen LogP contribution in [-0.4, -0.2) is 33.7 Å². The molecule has 1 aliphatic heterocycles. The lowest BCUT2D eigenvalue weighted by Crippen LogP contribution is -2.23. The molecule has 0 atom stereocenters.